The zero-order chi connectivity index (χ0) is 34.4. The number of aromatic nitrogens is 5. The molecule has 0 aliphatic rings. The summed E-state index contributed by atoms with van der Waals surface area (Å²) >= 11 is 0. The Hall–Kier alpha value is -7.11. The van der Waals surface area contributed by atoms with E-state index >= 15 is 0 Å². The van der Waals surface area contributed by atoms with Crippen LogP contribution in [-0.4, -0.2) is 24.1 Å². The Labute approximate surface area is 300 Å². The van der Waals surface area contributed by atoms with Crippen LogP contribution in [0.2, 0.25) is 0 Å². The van der Waals surface area contributed by atoms with Crippen LogP contribution in [-0.2, 0) is 0 Å². The number of nitrogens with zero attached hydrogens (tertiary/aromatic N) is 5. The summed E-state index contributed by atoms with van der Waals surface area (Å²) in [6, 6.07) is 63.6. The molecule has 3 heterocycles. The fourth-order valence-corrected chi connectivity index (χ4v) is 7.24. The lowest BCUT2D eigenvalue weighted by Gasteiger charge is -2.11. The highest BCUT2D eigenvalue weighted by atomic mass is 15.0. The van der Waals surface area contributed by atoms with Gasteiger partial charge in [0.25, 0.3) is 0 Å². The van der Waals surface area contributed by atoms with Crippen molar-refractivity contribution in [1.82, 2.24) is 24.1 Å². The molecule has 0 amide bonds. The average molecular weight is 666 g/mol. The van der Waals surface area contributed by atoms with Gasteiger partial charge in [0.1, 0.15) is 0 Å². The molecule has 52 heavy (non-hydrogen) atoms. The van der Waals surface area contributed by atoms with Gasteiger partial charge in [-0.15, -0.1) is 0 Å². The van der Waals surface area contributed by atoms with Crippen LogP contribution in [0.4, 0.5) is 0 Å². The van der Waals surface area contributed by atoms with Crippen molar-refractivity contribution in [3.63, 3.8) is 0 Å². The molecule has 7 aromatic carbocycles. The molecule has 0 radical (unpaired) electrons. The van der Waals surface area contributed by atoms with Gasteiger partial charge in [0.05, 0.1) is 16.6 Å². The smallest absolute Gasteiger partial charge is 0.164 e. The Kier molecular flexibility index (Phi) is 7.07. The Morgan fingerprint density at radius 3 is 1.44 bits per heavy atom. The number of hydrogen-bond acceptors (Lipinski definition) is 3. The second kappa shape index (κ2) is 12.3. The van der Waals surface area contributed by atoms with Crippen molar-refractivity contribution in [3.8, 4) is 56.7 Å². The van der Waals surface area contributed by atoms with Gasteiger partial charge in [-0.1, -0.05) is 133 Å². The van der Waals surface area contributed by atoms with Crippen LogP contribution in [0.25, 0.3) is 89.4 Å². The van der Waals surface area contributed by atoms with Gasteiger partial charge >= 0.3 is 0 Å². The van der Waals surface area contributed by atoms with Crippen LogP contribution in [0.3, 0.4) is 0 Å². The zero-order valence-electron chi connectivity index (χ0n) is 28.1. The van der Waals surface area contributed by atoms with Crippen molar-refractivity contribution in [2.24, 2.45) is 0 Å². The van der Waals surface area contributed by atoms with Gasteiger partial charge in [-0.05, 0) is 59.7 Å². The molecule has 0 bridgehead atoms. The van der Waals surface area contributed by atoms with E-state index in [-0.39, 0.29) is 0 Å². The first-order chi connectivity index (χ1) is 25.8. The fraction of sp³-hybridized carbons (Fsp3) is 0. The van der Waals surface area contributed by atoms with Crippen LogP contribution in [0.15, 0.2) is 188 Å². The Balaban J connectivity index is 1.01. The summed E-state index contributed by atoms with van der Waals surface area (Å²) < 4.78 is 4.65. The van der Waals surface area contributed by atoms with Crippen molar-refractivity contribution in [1.29, 1.82) is 0 Å². The van der Waals surface area contributed by atoms with Crippen LogP contribution in [0.5, 0.6) is 0 Å². The molecule has 0 spiro atoms. The maximum atomic E-state index is 4.90. The van der Waals surface area contributed by atoms with Gasteiger partial charge in [0.2, 0.25) is 0 Å². The van der Waals surface area contributed by atoms with E-state index in [1.807, 2.05) is 60.7 Å². The maximum absolute atomic E-state index is 4.90. The third kappa shape index (κ3) is 5.15. The second-order valence-electron chi connectivity index (χ2n) is 13.0. The summed E-state index contributed by atoms with van der Waals surface area (Å²) in [7, 11) is 0. The summed E-state index contributed by atoms with van der Waals surface area (Å²) in [6.07, 6.45) is 2.16. The second-order valence-corrected chi connectivity index (χ2v) is 13.0. The summed E-state index contributed by atoms with van der Waals surface area (Å²) in [5, 5.41) is 3.69. The molecule has 0 unspecified atom stereocenters. The summed E-state index contributed by atoms with van der Waals surface area (Å²) in [4.78, 5) is 14.6. The predicted molar refractivity (Wildman–Crippen MR) is 213 cm³/mol. The number of rotatable bonds is 6. The van der Waals surface area contributed by atoms with E-state index in [1.165, 1.54) is 32.7 Å². The molecule has 0 aliphatic carbocycles. The summed E-state index contributed by atoms with van der Waals surface area (Å²) in [5.74, 6) is 1.96. The Morgan fingerprint density at radius 2 is 0.827 bits per heavy atom. The summed E-state index contributed by atoms with van der Waals surface area (Å²) in [6.45, 7) is 0. The lowest BCUT2D eigenvalue weighted by molar-refractivity contribution is 1.07. The molecule has 0 atom stereocenters. The number of benzene rings is 7. The molecule has 3 aromatic heterocycles. The highest BCUT2D eigenvalue weighted by Gasteiger charge is 2.16. The third-order valence-corrected chi connectivity index (χ3v) is 9.82. The van der Waals surface area contributed by atoms with Crippen LogP contribution in [0, 0.1) is 0 Å². The van der Waals surface area contributed by atoms with E-state index in [2.05, 4.69) is 137 Å². The minimum atomic E-state index is 0.647. The van der Waals surface area contributed by atoms with Crippen molar-refractivity contribution < 1.29 is 0 Å². The Morgan fingerprint density at radius 1 is 0.327 bits per heavy atom. The van der Waals surface area contributed by atoms with E-state index < -0.39 is 0 Å². The van der Waals surface area contributed by atoms with Crippen LogP contribution >= 0.6 is 0 Å². The molecule has 10 aromatic rings. The molecule has 10 rings (SSSR count). The van der Waals surface area contributed by atoms with Gasteiger partial charge < -0.3 is 9.13 Å². The molecule has 0 fully saturated rings. The Bertz CT molecular complexity index is 2800. The quantitative estimate of drug-likeness (QED) is 0.178. The molecular weight excluding hydrogens is 635 g/mol. The minimum absolute atomic E-state index is 0.647. The first-order valence-corrected chi connectivity index (χ1v) is 17.4. The first-order valence-electron chi connectivity index (χ1n) is 17.4. The molecule has 5 heteroatoms. The van der Waals surface area contributed by atoms with E-state index in [0.717, 1.165) is 39.2 Å². The van der Waals surface area contributed by atoms with Crippen molar-refractivity contribution in [2.45, 2.75) is 0 Å². The normalized spacial score (nSPS) is 11.5. The number of fused-ring (bicyclic) bond motifs is 4. The fourth-order valence-electron chi connectivity index (χ4n) is 7.24. The number of para-hydroxylation sites is 2. The minimum Gasteiger partial charge on any atom is -0.317 e. The SMILES string of the molecule is c1ccc(-c2nc(-c3ccccc3)nc(-c3ccc(-c4ccc(-n5c6ccccc6c6cc7c(ccn7-c7ccccc7)cc65)cc4)cc3)n2)cc1. The highest BCUT2D eigenvalue weighted by molar-refractivity contribution is 6.13. The molecule has 0 saturated heterocycles. The molecule has 5 nitrogen and oxygen atoms in total. The summed E-state index contributed by atoms with van der Waals surface area (Å²) in [5.41, 5.74) is 11.0. The zero-order valence-corrected chi connectivity index (χ0v) is 28.1. The first kappa shape index (κ1) is 29.8. The average Bonchev–Trinajstić information content (AvgIpc) is 3.79. The highest BCUT2D eigenvalue weighted by Crippen LogP contribution is 2.36. The molecule has 244 valence electrons. The standard InChI is InChI=1S/C47H31N5/c1-4-12-34(13-5-1)45-48-46(35-14-6-2-7-15-35)50-47(49-45)36-22-20-32(21-23-36)33-24-26-39(27-25-33)52-42-19-11-10-18-40(42)41-31-43-37(30-44(41)52)28-29-51(43)38-16-8-3-9-17-38/h1-31H. The lowest BCUT2D eigenvalue weighted by Crippen LogP contribution is -2.00. The molecule has 0 saturated carbocycles. The topological polar surface area (TPSA) is 48.5 Å². The van der Waals surface area contributed by atoms with E-state index in [4.69, 9.17) is 15.0 Å². The van der Waals surface area contributed by atoms with Gasteiger partial charge in [0, 0.05) is 50.4 Å². The van der Waals surface area contributed by atoms with E-state index in [0.29, 0.717) is 17.5 Å². The monoisotopic (exact) mass is 665 g/mol. The molecular formula is C47H31N5. The largest absolute Gasteiger partial charge is 0.317 e. The van der Waals surface area contributed by atoms with Crippen molar-refractivity contribution >= 4 is 32.7 Å². The van der Waals surface area contributed by atoms with Gasteiger partial charge in [-0.25, -0.2) is 15.0 Å². The van der Waals surface area contributed by atoms with Gasteiger partial charge in [-0.3, -0.25) is 0 Å². The van der Waals surface area contributed by atoms with E-state index in [1.54, 1.807) is 0 Å². The molecule has 0 N–H and O–H groups in total. The van der Waals surface area contributed by atoms with Crippen molar-refractivity contribution in [3.05, 3.63) is 188 Å². The van der Waals surface area contributed by atoms with Gasteiger partial charge in [-0.2, -0.15) is 0 Å². The van der Waals surface area contributed by atoms with E-state index in [9.17, 15) is 0 Å². The maximum Gasteiger partial charge on any atom is 0.164 e. The lowest BCUT2D eigenvalue weighted by atomic mass is 10.0. The van der Waals surface area contributed by atoms with Crippen LogP contribution in [0.1, 0.15) is 0 Å². The third-order valence-electron chi connectivity index (χ3n) is 9.82. The number of hydrogen-bond donors (Lipinski definition) is 0. The van der Waals surface area contributed by atoms with Gasteiger partial charge in [0.15, 0.2) is 17.5 Å². The predicted octanol–water partition coefficient (Wildman–Crippen LogP) is 11.6. The van der Waals surface area contributed by atoms with Crippen molar-refractivity contribution in [2.75, 3.05) is 0 Å². The molecule has 0 aliphatic heterocycles. The van der Waals surface area contributed by atoms with Crippen LogP contribution < -0.4 is 0 Å².